The van der Waals surface area contributed by atoms with Crippen molar-refractivity contribution in [1.82, 2.24) is 5.32 Å². The number of carboxylic acid groups (broad SMARTS) is 1. The number of hydrogen-bond acceptors (Lipinski definition) is 4. The second-order valence-corrected chi connectivity index (χ2v) is 9.68. The predicted octanol–water partition coefficient (Wildman–Crippen LogP) is 4.42. The lowest BCUT2D eigenvalue weighted by Gasteiger charge is -2.29. The highest BCUT2D eigenvalue weighted by molar-refractivity contribution is 7.16. The van der Waals surface area contributed by atoms with Gasteiger partial charge in [-0.3, -0.25) is 14.4 Å². The maximum absolute atomic E-state index is 13.1. The second-order valence-electron chi connectivity index (χ2n) is 8.45. The molecule has 0 saturated heterocycles. The van der Waals surface area contributed by atoms with Crippen molar-refractivity contribution in [3.63, 3.8) is 0 Å². The molecule has 0 aromatic carbocycles. The molecule has 3 N–H and O–H groups in total. The number of thiophene rings is 1. The van der Waals surface area contributed by atoms with E-state index in [1.165, 1.54) is 11.3 Å². The number of carbonyl (C=O) groups is 3. The Bertz CT molecular complexity index is 864. The Balaban J connectivity index is 1.82. The molecule has 0 unspecified atom stereocenters. The van der Waals surface area contributed by atoms with E-state index in [9.17, 15) is 19.5 Å². The normalized spacial score (nSPS) is 22.6. The summed E-state index contributed by atoms with van der Waals surface area (Å²) in [6.07, 6.45) is 5.05. The number of anilines is 1. The number of nitrogens with one attached hydrogen (secondary N) is 2. The molecule has 1 aromatic heterocycles. The average molecular weight is 419 g/mol. The van der Waals surface area contributed by atoms with Crippen molar-refractivity contribution in [2.24, 2.45) is 11.8 Å². The summed E-state index contributed by atoms with van der Waals surface area (Å²) in [7, 11) is 0. The van der Waals surface area contributed by atoms with Gasteiger partial charge in [0, 0.05) is 10.9 Å². The van der Waals surface area contributed by atoms with Gasteiger partial charge in [0.05, 0.1) is 17.4 Å². The Morgan fingerprint density at radius 3 is 2.14 bits per heavy atom. The Morgan fingerprint density at radius 2 is 1.55 bits per heavy atom. The van der Waals surface area contributed by atoms with Gasteiger partial charge < -0.3 is 15.7 Å². The minimum absolute atomic E-state index is 0.153. The summed E-state index contributed by atoms with van der Waals surface area (Å²) in [5, 5.41) is 16.1. The number of aliphatic carboxylic acids is 1. The van der Waals surface area contributed by atoms with Crippen LogP contribution in [-0.4, -0.2) is 28.9 Å². The third-order valence-electron chi connectivity index (χ3n) is 6.46. The van der Waals surface area contributed by atoms with Gasteiger partial charge in [0.2, 0.25) is 5.91 Å². The minimum atomic E-state index is -0.949. The number of rotatable bonds is 5. The van der Waals surface area contributed by atoms with Crippen molar-refractivity contribution >= 4 is 34.1 Å². The maximum Gasteiger partial charge on any atom is 0.307 e. The number of allylic oxidation sites excluding steroid dienone is 2. The van der Waals surface area contributed by atoms with Crippen LogP contribution in [0.1, 0.15) is 73.2 Å². The number of aryl methyl sites for hydroxylation is 1. The fraction of sp³-hybridized carbons (Fsp3) is 0.591. The van der Waals surface area contributed by atoms with Crippen LogP contribution in [0.15, 0.2) is 11.1 Å². The molecule has 2 aliphatic rings. The minimum Gasteiger partial charge on any atom is -0.481 e. The van der Waals surface area contributed by atoms with Crippen molar-refractivity contribution in [1.29, 1.82) is 0 Å². The van der Waals surface area contributed by atoms with Gasteiger partial charge in [0.1, 0.15) is 5.00 Å². The lowest BCUT2D eigenvalue weighted by atomic mass is 9.76. The maximum atomic E-state index is 13.1. The van der Waals surface area contributed by atoms with Crippen LogP contribution in [0.25, 0.3) is 0 Å². The van der Waals surface area contributed by atoms with Crippen molar-refractivity contribution in [3.8, 4) is 0 Å². The summed E-state index contributed by atoms with van der Waals surface area (Å²) < 4.78 is 0. The van der Waals surface area contributed by atoms with E-state index < -0.39 is 17.8 Å². The van der Waals surface area contributed by atoms with Crippen LogP contribution in [0.5, 0.6) is 0 Å². The first-order valence-corrected chi connectivity index (χ1v) is 11.1. The molecule has 6 nitrogen and oxygen atoms in total. The first-order chi connectivity index (χ1) is 13.7. The van der Waals surface area contributed by atoms with Gasteiger partial charge in [-0.05, 0) is 58.9 Å². The lowest BCUT2D eigenvalue weighted by molar-refractivity contribution is -0.146. The van der Waals surface area contributed by atoms with E-state index >= 15 is 0 Å². The Kier molecular flexibility index (Phi) is 6.46. The molecule has 0 radical (unpaired) electrons. The zero-order valence-electron chi connectivity index (χ0n) is 17.6. The van der Waals surface area contributed by atoms with Crippen molar-refractivity contribution in [2.75, 3.05) is 5.32 Å². The molecule has 2 amide bonds. The largest absolute Gasteiger partial charge is 0.481 e. The first-order valence-electron chi connectivity index (χ1n) is 10.3. The molecule has 3 rings (SSSR count). The fourth-order valence-corrected chi connectivity index (χ4v) is 5.41. The zero-order chi connectivity index (χ0) is 21.3. The molecule has 0 bridgehead atoms. The van der Waals surface area contributed by atoms with Crippen molar-refractivity contribution in [2.45, 2.75) is 72.3 Å². The second kappa shape index (κ2) is 8.69. The number of hydrogen-bond donors (Lipinski definition) is 3. The molecule has 1 saturated carbocycles. The predicted molar refractivity (Wildman–Crippen MR) is 114 cm³/mol. The number of amides is 2. The van der Waals surface area contributed by atoms with Crippen LogP contribution >= 0.6 is 11.3 Å². The fourth-order valence-electron chi connectivity index (χ4n) is 4.35. The van der Waals surface area contributed by atoms with Crippen LogP contribution in [0.3, 0.4) is 0 Å². The SMILES string of the molecule is CC1=C(C)C[C@@H](C(=O)O)[C@@H](C(=O)Nc2sc(C)c(C)c2C(=O)NC2CCCC2)C1. The third-order valence-corrected chi connectivity index (χ3v) is 7.58. The molecule has 0 aliphatic heterocycles. The summed E-state index contributed by atoms with van der Waals surface area (Å²) in [5.41, 5.74) is 3.49. The van der Waals surface area contributed by atoms with Gasteiger partial charge >= 0.3 is 5.97 Å². The van der Waals surface area contributed by atoms with E-state index in [1.807, 2.05) is 27.7 Å². The highest BCUT2D eigenvalue weighted by Gasteiger charge is 2.38. The molecule has 1 fully saturated rings. The summed E-state index contributed by atoms with van der Waals surface area (Å²) in [4.78, 5) is 38.7. The van der Waals surface area contributed by atoms with Crippen LogP contribution in [-0.2, 0) is 9.59 Å². The number of carbonyl (C=O) groups excluding carboxylic acids is 2. The van der Waals surface area contributed by atoms with Gasteiger partial charge in [0.25, 0.3) is 5.91 Å². The van der Waals surface area contributed by atoms with Gasteiger partial charge in [0.15, 0.2) is 0 Å². The molecule has 1 aromatic rings. The quantitative estimate of drug-likeness (QED) is 0.617. The summed E-state index contributed by atoms with van der Waals surface area (Å²) in [6, 6.07) is 0.191. The van der Waals surface area contributed by atoms with Crippen LogP contribution in [0.2, 0.25) is 0 Å². The smallest absolute Gasteiger partial charge is 0.307 e. The lowest BCUT2D eigenvalue weighted by Crippen LogP contribution is -2.37. The van der Waals surface area contributed by atoms with E-state index in [0.29, 0.717) is 23.4 Å². The third kappa shape index (κ3) is 4.55. The van der Waals surface area contributed by atoms with Crippen LogP contribution < -0.4 is 10.6 Å². The van der Waals surface area contributed by atoms with Gasteiger partial charge in [-0.15, -0.1) is 11.3 Å². The highest BCUT2D eigenvalue weighted by atomic mass is 32.1. The standard InChI is InChI=1S/C22H30N2O4S/c1-11-9-16(17(22(27)28)10-12(11)2)19(25)24-21-18(13(3)14(4)29-21)20(26)23-15-7-5-6-8-15/h15-17H,5-10H2,1-4H3,(H,23,26)(H,24,25)(H,27,28)/t16-,17+/m0/s1. The Labute approximate surface area is 175 Å². The molecule has 7 heteroatoms. The molecule has 2 atom stereocenters. The van der Waals surface area contributed by atoms with E-state index in [1.54, 1.807) is 0 Å². The van der Waals surface area contributed by atoms with Gasteiger partial charge in [-0.2, -0.15) is 0 Å². The van der Waals surface area contributed by atoms with E-state index in [0.717, 1.165) is 47.3 Å². The summed E-state index contributed by atoms with van der Waals surface area (Å²) in [5.74, 6) is -2.80. The average Bonchev–Trinajstić information content (AvgIpc) is 3.25. The molecular weight excluding hydrogens is 388 g/mol. The Morgan fingerprint density at radius 1 is 0.966 bits per heavy atom. The van der Waals surface area contributed by atoms with Crippen LogP contribution in [0, 0.1) is 25.7 Å². The molecule has 0 spiro atoms. The molecule has 1 heterocycles. The number of carboxylic acids is 1. The van der Waals surface area contributed by atoms with E-state index in [4.69, 9.17) is 0 Å². The van der Waals surface area contributed by atoms with Gasteiger partial charge in [-0.1, -0.05) is 24.0 Å². The van der Waals surface area contributed by atoms with E-state index in [2.05, 4.69) is 10.6 Å². The topological polar surface area (TPSA) is 95.5 Å². The molecular formula is C22H30N2O4S. The van der Waals surface area contributed by atoms with Crippen LogP contribution in [0.4, 0.5) is 5.00 Å². The first kappa shape index (κ1) is 21.6. The monoisotopic (exact) mass is 418 g/mol. The van der Waals surface area contributed by atoms with Crippen molar-refractivity contribution in [3.05, 3.63) is 27.2 Å². The summed E-state index contributed by atoms with van der Waals surface area (Å²) in [6.45, 7) is 7.70. The van der Waals surface area contributed by atoms with Crippen molar-refractivity contribution < 1.29 is 19.5 Å². The molecule has 158 valence electrons. The highest BCUT2D eigenvalue weighted by Crippen LogP contribution is 2.37. The molecule has 29 heavy (non-hydrogen) atoms. The zero-order valence-corrected chi connectivity index (χ0v) is 18.4. The van der Waals surface area contributed by atoms with E-state index in [-0.39, 0.29) is 17.9 Å². The van der Waals surface area contributed by atoms with Gasteiger partial charge in [-0.25, -0.2) is 0 Å². The Hall–Kier alpha value is -2.15. The molecule has 2 aliphatic carbocycles. The summed E-state index contributed by atoms with van der Waals surface area (Å²) >= 11 is 1.38.